The molecule has 0 atom stereocenters. The number of amides is 2. The van der Waals surface area contributed by atoms with Crippen molar-refractivity contribution in [1.29, 1.82) is 0 Å². The molecule has 0 radical (unpaired) electrons. The van der Waals surface area contributed by atoms with Gasteiger partial charge in [0.25, 0.3) is 0 Å². The summed E-state index contributed by atoms with van der Waals surface area (Å²) in [6, 6.07) is 0. The van der Waals surface area contributed by atoms with E-state index in [4.69, 9.17) is 14.6 Å². The molecule has 0 aliphatic carbocycles. The van der Waals surface area contributed by atoms with Crippen LogP contribution in [0.5, 0.6) is 0 Å². The Labute approximate surface area is 140 Å². The highest BCUT2D eigenvalue weighted by molar-refractivity contribution is 5.76. The summed E-state index contributed by atoms with van der Waals surface area (Å²) in [4.78, 5) is 20.6. The molecule has 0 bridgehead atoms. The Kier molecular flexibility index (Phi) is 21.8. The third-order valence-electron chi connectivity index (χ3n) is 2.26. The standard InChI is InChI=1S/C12H24N2O5.C4H10/c15-10-12(17)14-5-9-19-7-3-1-2-6-18-8-4-13-11-16;1-4(2)3/h11,15H,1-10H2,(H,13,16)(H,14,17);4H,1-3H3. The van der Waals surface area contributed by atoms with E-state index >= 15 is 0 Å². The quantitative estimate of drug-likeness (QED) is 0.321. The van der Waals surface area contributed by atoms with E-state index in [2.05, 4.69) is 31.4 Å². The fraction of sp³-hybridized carbons (Fsp3) is 0.875. The number of carbonyl (C=O) groups excluding carboxylic acids is 2. The molecule has 0 aromatic heterocycles. The Balaban J connectivity index is 0. The average Bonchev–Trinajstić information content (AvgIpc) is 2.51. The summed E-state index contributed by atoms with van der Waals surface area (Å²) in [5, 5.41) is 13.5. The maximum Gasteiger partial charge on any atom is 0.245 e. The first-order valence-corrected chi connectivity index (χ1v) is 8.24. The average molecular weight is 334 g/mol. The maximum absolute atomic E-state index is 10.7. The molecule has 138 valence electrons. The van der Waals surface area contributed by atoms with E-state index in [0.29, 0.717) is 45.9 Å². The molecule has 0 fully saturated rings. The number of unbranched alkanes of at least 4 members (excludes halogenated alkanes) is 2. The monoisotopic (exact) mass is 334 g/mol. The number of ether oxygens (including phenoxy) is 2. The predicted octanol–water partition coefficient (Wildman–Crippen LogP) is 0.707. The van der Waals surface area contributed by atoms with E-state index in [1.54, 1.807) is 0 Å². The first-order chi connectivity index (χ1) is 11.0. The lowest BCUT2D eigenvalue weighted by Gasteiger charge is -2.06. The van der Waals surface area contributed by atoms with Crippen molar-refractivity contribution in [1.82, 2.24) is 10.6 Å². The van der Waals surface area contributed by atoms with Gasteiger partial charge in [0, 0.05) is 26.3 Å². The van der Waals surface area contributed by atoms with Crippen LogP contribution in [0, 0.1) is 5.92 Å². The minimum absolute atomic E-state index is 0.384. The largest absolute Gasteiger partial charge is 0.387 e. The highest BCUT2D eigenvalue weighted by Crippen LogP contribution is 1.96. The summed E-state index contributed by atoms with van der Waals surface area (Å²) < 4.78 is 10.6. The molecule has 0 unspecified atom stereocenters. The minimum Gasteiger partial charge on any atom is -0.387 e. The Morgan fingerprint density at radius 3 is 2.00 bits per heavy atom. The fourth-order valence-corrected chi connectivity index (χ4v) is 1.30. The van der Waals surface area contributed by atoms with Crippen LogP contribution in [-0.4, -0.2) is 63.5 Å². The highest BCUT2D eigenvalue weighted by atomic mass is 16.5. The van der Waals surface area contributed by atoms with Gasteiger partial charge in [0.15, 0.2) is 0 Å². The molecule has 0 rings (SSSR count). The number of carbonyl (C=O) groups is 2. The smallest absolute Gasteiger partial charge is 0.245 e. The first kappa shape index (κ1) is 24.1. The van der Waals surface area contributed by atoms with Gasteiger partial charge < -0.3 is 25.2 Å². The highest BCUT2D eigenvalue weighted by Gasteiger charge is 1.96. The topological polar surface area (TPSA) is 96.9 Å². The van der Waals surface area contributed by atoms with Crippen LogP contribution in [0.15, 0.2) is 0 Å². The van der Waals surface area contributed by atoms with Gasteiger partial charge in [-0.3, -0.25) is 9.59 Å². The Morgan fingerprint density at radius 2 is 1.52 bits per heavy atom. The van der Waals surface area contributed by atoms with E-state index in [1.807, 2.05) is 0 Å². The maximum atomic E-state index is 10.7. The molecule has 0 aromatic rings. The van der Waals surface area contributed by atoms with Crippen LogP contribution >= 0.6 is 0 Å². The number of nitrogens with one attached hydrogen (secondary N) is 2. The molecule has 3 N–H and O–H groups in total. The summed E-state index contributed by atoms with van der Waals surface area (Å²) >= 11 is 0. The van der Waals surface area contributed by atoms with Gasteiger partial charge in [-0.25, -0.2) is 0 Å². The van der Waals surface area contributed by atoms with Crippen LogP contribution in [0.1, 0.15) is 40.0 Å². The van der Waals surface area contributed by atoms with Crippen molar-refractivity contribution in [2.24, 2.45) is 5.92 Å². The van der Waals surface area contributed by atoms with Gasteiger partial charge in [-0.15, -0.1) is 0 Å². The molecule has 23 heavy (non-hydrogen) atoms. The zero-order valence-electron chi connectivity index (χ0n) is 14.8. The van der Waals surface area contributed by atoms with E-state index < -0.39 is 6.61 Å². The number of aliphatic hydroxyl groups excluding tert-OH is 1. The molecule has 0 saturated heterocycles. The molecule has 0 aliphatic heterocycles. The van der Waals surface area contributed by atoms with Crippen molar-refractivity contribution < 1.29 is 24.2 Å². The van der Waals surface area contributed by atoms with E-state index in [9.17, 15) is 9.59 Å². The molecule has 0 saturated carbocycles. The second kappa shape index (κ2) is 20.8. The van der Waals surface area contributed by atoms with Gasteiger partial charge in [0.1, 0.15) is 6.61 Å². The van der Waals surface area contributed by atoms with Crippen LogP contribution in [0.3, 0.4) is 0 Å². The normalized spacial score (nSPS) is 9.96. The predicted molar refractivity (Wildman–Crippen MR) is 90.2 cm³/mol. The number of hydrogen-bond acceptors (Lipinski definition) is 5. The molecule has 7 nitrogen and oxygen atoms in total. The zero-order valence-corrected chi connectivity index (χ0v) is 14.8. The van der Waals surface area contributed by atoms with Gasteiger partial charge in [0.05, 0.1) is 13.2 Å². The van der Waals surface area contributed by atoms with Crippen molar-refractivity contribution in [2.75, 3.05) is 46.1 Å². The second-order valence-corrected chi connectivity index (χ2v) is 5.60. The van der Waals surface area contributed by atoms with Crippen LogP contribution < -0.4 is 10.6 Å². The van der Waals surface area contributed by atoms with Crippen LogP contribution in [0.4, 0.5) is 0 Å². The molecule has 7 heteroatoms. The molecular weight excluding hydrogens is 300 g/mol. The van der Waals surface area contributed by atoms with E-state index in [-0.39, 0.29) is 5.91 Å². The minimum atomic E-state index is -0.484. The molecule has 2 amide bonds. The molecule has 0 aromatic carbocycles. The SMILES string of the molecule is CC(C)C.O=CNCCOCCCCCOCCNC(=O)CO. The number of aliphatic hydroxyl groups is 1. The van der Waals surface area contributed by atoms with Crippen molar-refractivity contribution in [3.05, 3.63) is 0 Å². The summed E-state index contributed by atoms with van der Waals surface area (Å²) in [5.41, 5.74) is 0. The van der Waals surface area contributed by atoms with Gasteiger partial charge in [-0.05, 0) is 25.2 Å². The molecule has 0 aliphatic rings. The molecular formula is C16H34N2O5. The number of rotatable bonds is 14. The van der Waals surface area contributed by atoms with Gasteiger partial charge >= 0.3 is 0 Å². The van der Waals surface area contributed by atoms with Gasteiger partial charge in [-0.2, -0.15) is 0 Å². The Hall–Kier alpha value is -1.18. The molecule has 0 spiro atoms. The zero-order chi connectivity index (χ0) is 17.8. The Bertz CT molecular complexity index is 260. The first-order valence-electron chi connectivity index (χ1n) is 8.24. The van der Waals surface area contributed by atoms with E-state index in [0.717, 1.165) is 25.2 Å². The van der Waals surface area contributed by atoms with Crippen LogP contribution in [0.25, 0.3) is 0 Å². The summed E-state index contributed by atoms with van der Waals surface area (Å²) in [5.74, 6) is 0.449. The lowest BCUT2D eigenvalue weighted by molar-refractivity contribution is -0.124. The third-order valence-corrected chi connectivity index (χ3v) is 2.26. The summed E-state index contributed by atoms with van der Waals surface area (Å²) in [6.45, 7) is 9.33. The summed E-state index contributed by atoms with van der Waals surface area (Å²) in [7, 11) is 0. The summed E-state index contributed by atoms with van der Waals surface area (Å²) in [6.07, 6.45) is 3.59. The molecule has 0 heterocycles. The number of hydrogen-bond donors (Lipinski definition) is 3. The Morgan fingerprint density at radius 1 is 1.00 bits per heavy atom. The van der Waals surface area contributed by atoms with Crippen LogP contribution in [-0.2, 0) is 19.1 Å². The lowest BCUT2D eigenvalue weighted by atomic mass is 10.2. The van der Waals surface area contributed by atoms with Gasteiger partial charge in [-0.1, -0.05) is 20.8 Å². The van der Waals surface area contributed by atoms with Crippen molar-refractivity contribution in [3.8, 4) is 0 Å². The van der Waals surface area contributed by atoms with Crippen LogP contribution in [0.2, 0.25) is 0 Å². The van der Waals surface area contributed by atoms with Crippen molar-refractivity contribution >= 4 is 12.3 Å². The van der Waals surface area contributed by atoms with E-state index in [1.165, 1.54) is 0 Å². The van der Waals surface area contributed by atoms with Crippen molar-refractivity contribution in [2.45, 2.75) is 40.0 Å². The lowest BCUT2D eigenvalue weighted by Crippen LogP contribution is -2.29. The second-order valence-electron chi connectivity index (χ2n) is 5.60. The van der Waals surface area contributed by atoms with Gasteiger partial charge in [0.2, 0.25) is 12.3 Å². The fourth-order valence-electron chi connectivity index (χ4n) is 1.30. The van der Waals surface area contributed by atoms with Crippen molar-refractivity contribution in [3.63, 3.8) is 0 Å². The third kappa shape index (κ3) is 29.5.